The number of nitrogens with zero attached hydrogens (tertiary/aromatic N) is 1. The summed E-state index contributed by atoms with van der Waals surface area (Å²) in [4.78, 5) is 39.2. The van der Waals surface area contributed by atoms with Gasteiger partial charge in [-0.3, -0.25) is 9.59 Å². The maximum Gasteiger partial charge on any atom is 0.337 e. The van der Waals surface area contributed by atoms with Crippen LogP contribution < -0.4 is 15.7 Å². The molecule has 1 aromatic heterocycles. The monoisotopic (exact) mass is 336 g/mol. The molecular weight excluding hydrogens is 324 g/mol. The van der Waals surface area contributed by atoms with Gasteiger partial charge >= 0.3 is 5.97 Å². The molecule has 0 fully saturated rings. The molecule has 120 valence electrons. The van der Waals surface area contributed by atoms with Crippen LogP contribution >= 0.6 is 11.6 Å². The molecule has 2 N–H and O–H groups in total. The summed E-state index contributed by atoms with van der Waals surface area (Å²) >= 11 is 6.00. The number of nitrogens with one attached hydrogen (secondary N) is 1. The lowest BCUT2D eigenvalue weighted by Gasteiger charge is -2.10. The van der Waals surface area contributed by atoms with E-state index in [9.17, 15) is 14.4 Å². The second-order valence-corrected chi connectivity index (χ2v) is 5.10. The topological polar surface area (TPSA) is 97.6 Å². The van der Waals surface area contributed by atoms with E-state index >= 15 is 0 Å². The van der Waals surface area contributed by atoms with Crippen LogP contribution in [0.2, 0.25) is 5.02 Å². The van der Waals surface area contributed by atoms with Gasteiger partial charge < -0.3 is 15.3 Å². The highest BCUT2D eigenvalue weighted by molar-refractivity contribution is 6.33. The summed E-state index contributed by atoms with van der Waals surface area (Å²) in [6.45, 7) is 1.38. The number of aryl methyl sites for hydroxylation is 1. The highest BCUT2D eigenvalue weighted by Crippen LogP contribution is 2.22. The summed E-state index contributed by atoms with van der Waals surface area (Å²) in [7, 11) is 0. The van der Waals surface area contributed by atoms with Crippen LogP contribution in [-0.2, 0) is 4.79 Å². The minimum atomic E-state index is -1.21. The fourth-order valence-electron chi connectivity index (χ4n) is 1.73. The number of aromatic nitrogens is 1. The molecule has 0 aliphatic rings. The van der Waals surface area contributed by atoms with Gasteiger partial charge in [0.05, 0.1) is 22.5 Å². The lowest BCUT2D eigenvalue weighted by Crippen LogP contribution is -2.32. The number of amides is 1. The number of rotatable bonds is 5. The van der Waals surface area contributed by atoms with E-state index in [1.807, 2.05) is 6.92 Å². The number of hydrogen-bond acceptors (Lipinski definition) is 4. The molecule has 1 heterocycles. The Hall–Kier alpha value is -2.80. The molecule has 2 aromatic rings. The molecule has 0 saturated heterocycles. The van der Waals surface area contributed by atoms with Crippen LogP contribution in [0, 0.1) is 6.92 Å². The third-order valence-electron chi connectivity index (χ3n) is 2.86. The second kappa shape index (κ2) is 6.97. The van der Waals surface area contributed by atoms with Gasteiger partial charge in [0.25, 0.3) is 11.5 Å². The molecule has 0 aliphatic carbocycles. The SMILES string of the molecule is Cc1ccc(NC(=O)COn2cc(C(=O)O)ccc2=O)c(Cl)c1. The van der Waals surface area contributed by atoms with Gasteiger partial charge in [0.1, 0.15) is 0 Å². The van der Waals surface area contributed by atoms with Crippen LogP contribution in [0.25, 0.3) is 0 Å². The molecule has 0 aliphatic heterocycles. The Morgan fingerprint density at radius 3 is 2.70 bits per heavy atom. The number of aromatic carboxylic acids is 1. The lowest BCUT2D eigenvalue weighted by atomic mass is 10.2. The summed E-state index contributed by atoms with van der Waals surface area (Å²) in [6, 6.07) is 7.31. The van der Waals surface area contributed by atoms with Crippen molar-refractivity contribution in [3.63, 3.8) is 0 Å². The lowest BCUT2D eigenvalue weighted by molar-refractivity contribution is -0.120. The Kier molecular flexibility index (Phi) is 5.02. The van der Waals surface area contributed by atoms with Crippen LogP contribution in [0.1, 0.15) is 15.9 Å². The Labute approximate surface area is 136 Å². The first-order valence-corrected chi connectivity index (χ1v) is 6.90. The average Bonchev–Trinajstić information content (AvgIpc) is 2.49. The van der Waals surface area contributed by atoms with Crippen molar-refractivity contribution >= 4 is 29.2 Å². The molecule has 23 heavy (non-hydrogen) atoms. The summed E-state index contributed by atoms with van der Waals surface area (Å²) in [5.74, 6) is -1.75. The third-order valence-corrected chi connectivity index (χ3v) is 3.17. The summed E-state index contributed by atoms with van der Waals surface area (Å²) in [6.07, 6.45) is 0.997. The molecule has 0 bridgehead atoms. The van der Waals surface area contributed by atoms with Crippen molar-refractivity contribution in [3.8, 4) is 0 Å². The second-order valence-electron chi connectivity index (χ2n) is 4.69. The minimum absolute atomic E-state index is 0.133. The largest absolute Gasteiger partial charge is 0.478 e. The molecule has 0 saturated carbocycles. The zero-order chi connectivity index (χ0) is 17.0. The van der Waals surface area contributed by atoms with Crippen LogP contribution in [0.4, 0.5) is 5.69 Å². The van der Waals surface area contributed by atoms with Gasteiger partial charge in [0.2, 0.25) is 0 Å². The van der Waals surface area contributed by atoms with E-state index < -0.39 is 24.0 Å². The molecule has 1 aromatic carbocycles. The molecule has 7 nitrogen and oxygen atoms in total. The highest BCUT2D eigenvalue weighted by Gasteiger charge is 2.09. The molecule has 8 heteroatoms. The van der Waals surface area contributed by atoms with Crippen LogP contribution in [0.15, 0.2) is 41.3 Å². The first kappa shape index (κ1) is 16.6. The molecule has 2 rings (SSSR count). The number of hydrogen-bond donors (Lipinski definition) is 2. The maximum atomic E-state index is 11.8. The van der Waals surface area contributed by atoms with E-state index in [1.165, 1.54) is 0 Å². The van der Waals surface area contributed by atoms with E-state index in [0.717, 1.165) is 23.9 Å². The molecule has 1 amide bonds. The standard InChI is InChI=1S/C15H13ClN2O5/c1-9-2-4-12(11(16)6-9)17-13(19)8-23-18-7-10(15(21)22)3-5-14(18)20/h2-7H,8H2,1H3,(H,17,19)(H,21,22). The van der Waals surface area contributed by atoms with Gasteiger partial charge in [-0.2, -0.15) is 4.73 Å². The minimum Gasteiger partial charge on any atom is -0.478 e. The van der Waals surface area contributed by atoms with Gasteiger partial charge in [0.15, 0.2) is 6.61 Å². The molecular formula is C15H13ClN2O5. The average molecular weight is 337 g/mol. The Morgan fingerprint density at radius 2 is 2.04 bits per heavy atom. The zero-order valence-corrected chi connectivity index (χ0v) is 12.8. The number of carboxylic acids is 1. The van der Waals surface area contributed by atoms with Crippen molar-refractivity contribution in [3.05, 3.63) is 63.0 Å². The van der Waals surface area contributed by atoms with Gasteiger partial charge in [-0.15, -0.1) is 0 Å². The van der Waals surface area contributed by atoms with Crippen molar-refractivity contribution in [1.82, 2.24) is 4.73 Å². The van der Waals surface area contributed by atoms with Crippen molar-refractivity contribution in [2.45, 2.75) is 6.92 Å². The molecule has 0 radical (unpaired) electrons. The summed E-state index contributed by atoms with van der Waals surface area (Å²) in [5.41, 5.74) is 0.640. The van der Waals surface area contributed by atoms with Gasteiger partial charge in [-0.25, -0.2) is 4.79 Å². The molecule has 0 atom stereocenters. The van der Waals surface area contributed by atoms with Crippen LogP contribution in [0.3, 0.4) is 0 Å². The fraction of sp³-hybridized carbons (Fsp3) is 0.133. The Balaban J connectivity index is 2.03. The number of carboxylic acid groups (broad SMARTS) is 1. The Morgan fingerprint density at radius 1 is 1.30 bits per heavy atom. The number of pyridine rings is 1. The number of benzene rings is 1. The van der Waals surface area contributed by atoms with E-state index in [0.29, 0.717) is 15.4 Å². The predicted octanol–water partition coefficient (Wildman–Crippen LogP) is 1.58. The van der Waals surface area contributed by atoms with Crippen LogP contribution in [0.5, 0.6) is 0 Å². The molecule has 0 spiro atoms. The van der Waals surface area contributed by atoms with E-state index in [1.54, 1.807) is 18.2 Å². The van der Waals surface area contributed by atoms with E-state index in [-0.39, 0.29) is 5.56 Å². The fourth-order valence-corrected chi connectivity index (χ4v) is 2.01. The van der Waals surface area contributed by atoms with Crippen molar-refractivity contribution in [1.29, 1.82) is 0 Å². The maximum absolute atomic E-state index is 11.8. The predicted molar refractivity (Wildman–Crippen MR) is 83.9 cm³/mol. The van der Waals surface area contributed by atoms with E-state index in [2.05, 4.69) is 5.32 Å². The first-order chi connectivity index (χ1) is 10.9. The summed E-state index contributed by atoms with van der Waals surface area (Å²) in [5, 5.41) is 11.8. The van der Waals surface area contributed by atoms with Crippen molar-refractivity contribution in [2.75, 3.05) is 11.9 Å². The number of halogens is 1. The zero-order valence-electron chi connectivity index (χ0n) is 12.1. The summed E-state index contributed by atoms with van der Waals surface area (Å²) < 4.78 is 0.694. The Bertz CT molecular complexity index is 816. The van der Waals surface area contributed by atoms with Crippen molar-refractivity contribution < 1.29 is 19.5 Å². The van der Waals surface area contributed by atoms with Gasteiger partial charge in [0, 0.05) is 6.07 Å². The highest BCUT2D eigenvalue weighted by atomic mass is 35.5. The molecule has 0 unspecified atom stereocenters. The van der Waals surface area contributed by atoms with Crippen molar-refractivity contribution in [2.24, 2.45) is 0 Å². The normalized spacial score (nSPS) is 10.2. The smallest absolute Gasteiger partial charge is 0.337 e. The third kappa shape index (κ3) is 4.33. The van der Waals surface area contributed by atoms with Gasteiger partial charge in [-0.05, 0) is 30.7 Å². The van der Waals surface area contributed by atoms with Gasteiger partial charge in [-0.1, -0.05) is 17.7 Å². The number of anilines is 1. The van der Waals surface area contributed by atoms with E-state index in [4.69, 9.17) is 21.5 Å². The number of carbonyl (C=O) groups excluding carboxylic acids is 1. The quantitative estimate of drug-likeness (QED) is 0.863. The first-order valence-electron chi connectivity index (χ1n) is 6.52. The number of carbonyl (C=O) groups is 2. The van der Waals surface area contributed by atoms with Crippen LogP contribution in [-0.4, -0.2) is 28.3 Å².